The van der Waals surface area contributed by atoms with Crippen LogP contribution in [0, 0.1) is 0 Å². The number of nitrogens with zero attached hydrogens (tertiary/aromatic N) is 2. The number of hydrogen-bond acceptors (Lipinski definition) is 3. The average molecular weight is 267 g/mol. The lowest BCUT2D eigenvalue weighted by Gasteiger charge is -2.05. The Balaban J connectivity index is 2.20. The van der Waals surface area contributed by atoms with Crippen LogP contribution >= 0.6 is 22.9 Å². The maximum absolute atomic E-state index is 6.40. The summed E-state index contributed by atoms with van der Waals surface area (Å²) < 4.78 is 0. The maximum Gasteiger partial charge on any atom is 0.139 e. The zero-order chi connectivity index (χ0) is 12.3. The highest BCUT2D eigenvalue weighted by Crippen LogP contribution is 2.33. The van der Waals surface area contributed by atoms with Gasteiger partial charge < -0.3 is 0 Å². The summed E-state index contributed by atoms with van der Waals surface area (Å²) >= 11 is 8.02. The normalized spacial score (nSPS) is 14.5. The van der Waals surface area contributed by atoms with Gasteiger partial charge in [-0.1, -0.05) is 55.5 Å². The van der Waals surface area contributed by atoms with E-state index in [4.69, 9.17) is 11.6 Å². The van der Waals surface area contributed by atoms with Crippen molar-refractivity contribution >= 4 is 22.9 Å². The van der Waals surface area contributed by atoms with Gasteiger partial charge in [0.25, 0.3) is 0 Å². The van der Waals surface area contributed by atoms with Crippen molar-refractivity contribution in [2.45, 2.75) is 31.6 Å². The van der Waals surface area contributed by atoms with Gasteiger partial charge in [-0.2, -0.15) is 0 Å². The average Bonchev–Trinajstić information content (AvgIpc) is 2.87. The Hall–Kier alpha value is -0.930. The van der Waals surface area contributed by atoms with Gasteiger partial charge in [-0.3, -0.25) is 0 Å². The van der Waals surface area contributed by atoms with Crippen LogP contribution in [-0.2, 0) is 0 Å². The first-order valence-corrected chi connectivity index (χ1v) is 7.00. The number of benzene rings is 1. The van der Waals surface area contributed by atoms with Crippen LogP contribution in [0.5, 0.6) is 0 Å². The molecule has 0 spiro atoms. The molecule has 2 atom stereocenters. The van der Waals surface area contributed by atoms with E-state index in [0.717, 1.165) is 22.0 Å². The summed E-state index contributed by atoms with van der Waals surface area (Å²) in [5.41, 5.74) is 1.07. The smallest absolute Gasteiger partial charge is 0.139 e. The minimum atomic E-state index is -0.188. The molecule has 1 aromatic heterocycles. The molecule has 0 aliphatic heterocycles. The monoisotopic (exact) mass is 266 g/mol. The molecular formula is C13H15ClN2S. The Bertz CT molecular complexity index is 469. The molecule has 0 radical (unpaired) electrons. The van der Waals surface area contributed by atoms with E-state index < -0.39 is 0 Å². The maximum atomic E-state index is 6.40. The predicted molar refractivity (Wildman–Crippen MR) is 72.8 cm³/mol. The molecule has 1 aromatic carbocycles. The lowest BCUT2D eigenvalue weighted by Crippen LogP contribution is -1.91. The summed E-state index contributed by atoms with van der Waals surface area (Å²) in [5, 5.41) is 10.2. The van der Waals surface area contributed by atoms with Crippen LogP contribution in [0.15, 0.2) is 30.3 Å². The van der Waals surface area contributed by atoms with E-state index in [-0.39, 0.29) is 5.38 Å². The van der Waals surface area contributed by atoms with Crippen LogP contribution in [0.2, 0.25) is 0 Å². The van der Waals surface area contributed by atoms with Crippen LogP contribution in [-0.4, -0.2) is 10.2 Å². The van der Waals surface area contributed by atoms with Crippen molar-refractivity contribution in [3.05, 3.63) is 45.9 Å². The van der Waals surface area contributed by atoms with Gasteiger partial charge in [-0.25, -0.2) is 0 Å². The topological polar surface area (TPSA) is 25.8 Å². The van der Waals surface area contributed by atoms with Gasteiger partial charge in [0.1, 0.15) is 15.4 Å². The molecule has 2 aromatic rings. The first-order valence-electron chi connectivity index (χ1n) is 5.74. The fourth-order valence-corrected chi connectivity index (χ4v) is 2.80. The second-order valence-corrected chi connectivity index (χ2v) is 5.54. The minimum absolute atomic E-state index is 0.188. The number of alkyl halides is 1. The van der Waals surface area contributed by atoms with Crippen molar-refractivity contribution < 1.29 is 0 Å². The van der Waals surface area contributed by atoms with Gasteiger partial charge in [0, 0.05) is 5.92 Å². The third-order valence-corrected chi connectivity index (χ3v) is 4.61. The Morgan fingerprint density at radius 3 is 2.47 bits per heavy atom. The Morgan fingerprint density at radius 1 is 1.18 bits per heavy atom. The standard InChI is InChI=1S/C13H15ClN2S/c1-3-9(2)12-15-16-13(17-12)11(14)10-7-5-4-6-8-10/h4-9,11H,3H2,1-2H3. The molecule has 0 aliphatic carbocycles. The minimum Gasteiger partial charge on any atom is -0.143 e. The van der Waals surface area contributed by atoms with Gasteiger partial charge in [0.05, 0.1) is 0 Å². The zero-order valence-corrected chi connectivity index (χ0v) is 11.5. The number of rotatable bonds is 4. The number of aromatic nitrogens is 2. The number of hydrogen-bond donors (Lipinski definition) is 0. The quantitative estimate of drug-likeness (QED) is 0.768. The van der Waals surface area contributed by atoms with Gasteiger partial charge in [0.2, 0.25) is 0 Å². The summed E-state index contributed by atoms with van der Waals surface area (Å²) in [6, 6.07) is 9.99. The molecule has 2 rings (SSSR count). The summed E-state index contributed by atoms with van der Waals surface area (Å²) in [6.07, 6.45) is 1.08. The second-order valence-electron chi connectivity index (χ2n) is 4.06. The molecule has 90 valence electrons. The van der Waals surface area contributed by atoms with E-state index in [0.29, 0.717) is 5.92 Å². The summed E-state index contributed by atoms with van der Waals surface area (Å²) in [4.78, 5) is 0. The Labute approximate surface area is 111 Å². The molecule has 0 N–H and O–H groups in total. The second kappa shape index (κ2) is 5.61. The molecule has 1 heterocycles. The number of halogens is 1. The molecule has 0 saturated carbocycles. The Kier molecular flexibility index (Phi) is 4.13. The van der Waals surface area contributed by atoms with Crippen LogP contribution in [0.4, 0.5) is 0 Å². The highest BCUT2D eigenvalue weighted by Gasteiger charge is 2.17. The fraction of sp³-hybridized carbons (Fsp3) is 0.385. The van der Waals surface area contributed by atoms with Gasteiger partial charge in [-0.15, -0.1) is 21.8 Å². The van der Waals surface area contributed by atoms with Gasteiger partial charge >= 0.3 is 0 Å². The van der Waals surface area contributed by atoms with E-state index in [1.165, 1.54) is 0 Å². The predicted octanol–water partition coefficient (Wildman–Crippen LogP) is 4.38. The lowest BCUT2D eigenvalue weighted by molar-refractivity contribution is 0.713. The van der Waals surface area contributed by atoms with Crippen molar-refractivity contribution in [3.63, 3.8) is 0 Å². The first kappa shape index (κ1) is 12.5. The molecule has 0 aliphatic rings. The molecule has 0 bridgehead atoms. The molecule has 0 amide bonds. The van der Waals surface area contributed by atoms with Crippen molar-refractivity contribution in [2.24, 2.45) is 0 Å². The van der Waals surface area contributed by atoms with E-state index >= 15 is 0 Å². The highest BCUT2D eigenvalue weighted by molar-refractivity contribution is 7.11. The van der Waals surface area contributed by atoms with Crippen LogP contribution in [0.3, 0.4) is 0 Å². The van der Waals surface area contributed by atoms with Gasteiger partial charge in [-0.05, 0) is 12.0 Å². The van der Waals surface area contributed by atoms with E-state index in [1.807, 2.05) is 30.3 Å². The van der Waals surface area contributed by atoms with Crippen LogP contribution < -0.4 is 0 Å². The van der Waals surface area contributed by atoms with E-state index in [9.17, 15) is 0 Å². The van der Waals surface area contributed by atoms with Crippen molar-refractivity contribution in [1.82, 2.24) is 10.2 Å². The summed E-state index contributed by atoms with van der Waals surface area (Å²) in [5.74, 6) is 0.459. The Morgan fingerprint density at radius 2 is 1.82 bits per heavy atom. The van der Waals surface area contributed by atoms with Crippen LogP contribution in [0.25, 0.3) is 0 Å². The first-order chi connectivity index (χ1) is 8.22. The molecule has 4 heteroatoms. The van der Waals surface area contributed by atoms with E-state index in [1.54, 1.807) is 11.3 Å². The molecular weight excluding hydrogens is 252 g/mol. The molecule has 0 saturated heterocycles. The molecule has 2 nitrogen and oxygen atoms in total. The largest absolute Gasteiger partial charge is 0.143 e. The van der Waals surface area contributed by atoms with Crippen LogP contribution in [0.1, 0.15) is 47.1 Å². The lowest BCUT2D eigenvalue weighted by atomic mass is 10.1. The summed E-state index contributed by atoms with van der Waals surface area (Å²) in [6.45, 7) is 4.32. The molecule has 17 heavy (non-hydrogen) atoms. The van der Waals surface area contributed by atoms with Crippen molar-refractivity contribution in [1.29, 1.82) is 0 Å². The highest BCUT2D eigenvalue weighted by atomic mass is 35.5. The third kappa shape index (κ3) is 2.85. The molecule has 0 fully saturated rings. The SMILES string of the molecule is CCC(C)c1nnc(C(Cl)c2ccccc2)s1. The fourth-order valence-electron chi connectivity index (χ4n) is 1.49. The van der Waals surface area contributed by atoms with E-state index in [2.05, 4.69) is 24.0 Å². The third-order valence-electron chi connectivity index (χ3n) is 2.80. The van der Waals surface area contributed by atoms with Gasteiger partial charge in [0.15, 0.2) is 0 Å². The van der Waals surface area contributed by atoms with Crippen molar-refractivity contribution in [2.75, 3.05) is 0 Å². The van der Waals surface area contributed by atoms with Crippen molar-refractivity contribution in [3.8, 4) is 0 Å². The zero-order valence-electron chi connectivity index (χ0n) is 9.93. The molecule has 2 unspecified atom stereocenters. The summed E-state index contributed by atoms with van der Waals surface area (Å²) in [7, 11) is 0.